The number of carbonyl (C=O) groups excluding carboxylic acids is 1. The van der Waals surface area contributed by atoms with Crippen molar-refractivity contribution in [2.24, 2.45) is 5.73 Å². The molecule has 0 fully saturated rings. The van der Waals surface area contributed by atoms with E-state index in [1.807, 2.05) is 55.6 Å². The molecule has 0 aliphatic rings. The normalized spacial score (nSPS) is 13.5. The van der Waals surface area contributed by atoms with Gasteiger partial charge in [-0.3, -0.25) is 4.79 Å². The first-order chi connectivity index (χ1) is 14.8. The summed E-state index contributed by atoms with van der Waals surface area (Å²) in [6, 6.07) is 17.4. The first-order valence-electron chi connectivity index (χ1n) is 9.90. The summed E-state index contributed by atoms with van der Waals surface area (Å²) >= 11 is 1.54. The monoisotopic (exact) mass is 445 g/mol. The molecule has 0 saturated carbocycles. The molecule has 2 atom stereocenters. The zero-order valence-corrected chi connectivity index (χ0v) is 19.3. The third-order valence-electron chi connectivity index (χ3n) is 5.20. The number of hydrogen-bond donors (Lipinski definition) is 3. The fourth-order valence-electron chi connectivity index (χ4n) is 3.37. The Kier molecular flexibility index (Phi) is 9.23. The molecule has 162 valence electrons. The molecule has 8 heteroatoms. The Morgan fingerprint density at radius 3 is 2.47 bits per heavy atom. The number of hydrogen-bond acceptors (Lipinski definition) is 5. The number of rotatable bonds is 9. The summed E-state index contributed by atoms with van der Waals surface area (Å²) in [5.74, 6) is -0.244. The van der Waals surface area contributed by atoms with E-state index >= 15 is 0 Å². The number of carbonyl (C=O) groups is 2. The van der Waals surface area contributed by atoms with Gasteiger partial charge < -0.3 is 20.6 Å². The van der Waals surface area contributed by atoms with Gasteiger partial charge in [0.25, 0.3) is 5.91 Å². The van der Waals surface area contributed by atoms with E-state index in [0.717, 1.165) is 11.1 Å². The molecule has 0 aliphatic carbocycles. The van der Waals surface area contributed by atoms with Gasteiger partial charge in [0.05, 0.1) is 11.8 Å². The minimum absolute atomic E-state index is 0. The van der Waals surface area contributed by atoms with E-state index < -0.39 is 23.5 Å². The molecule has 3 aromatic rings. The number of nitrogens with two attached hydrogens (primary N) is 1. The second kappa shape index (κ2) is 11.4. The summed E-state index contributed by atoms with van der Waals surface area (Å²) in [7, 11) is 0. The summed E-state index contributed by atoms with van der Waals surface area (Å²) in [6.45, 7) is 1.85. The average molecular weight is 445 g/mol. The smallest absolute Gasteiger partial charge is 0.480 e. The van der Waals surface area contributed by atoms with E-state index in [2.05, 4.69) is 5.32 Å². The van der Waals surface area contributed by atoms with Gasteiger partial charge in [-0.1, -0.05) is 36.4 Å². The number of aliphatic carboxylic acids is 1. The molecule has 0 bridgehead atoms. The summed E-state index contributed by atoms with van der Waals surface area (Å²) in [6.07, 6.45) is 3.82. The van der Waals surface area contributed by atoms with E-state index in [1.54, 1.807) is 24.5 Å². The fourth-order valence-corrected chi connectivity index (χ4v) is 3.84. The minimum Gasteiger partial charge on any atom is -0.480 e. The number of amides is 1. The fraction of sp³-hybridized carbons (Fsp3) is 0.250. The molecule has 1 heterocycles. The van der Waals surface area contributed by atoms with Gasteiger partial charge in [0.1, 0.15) is 11.8 Å². The van der Waals surface area contributed by atoms with Gasteiger partial charge in [0.15, 0.2) is 0 Å². The van der Waals surface area contributed by atoms with Gasteiger partial charge in [-0.25, -0.2) is 4.79 Å². The van der Waals surface area contributed by atoms with Crippen LogP contribution in [0.15, 0.2) is 71.3 Å². The van der Waals surface area contributed by atoms with Crippen LogP contribution >= 0.6 is 11.8 Å². The molecule has 2 aromatic carbocycles. The largest absolute Gasteiger partial charge is 1.00 e. The third kappa shape index (κ3) is 5.87. The molecule has 6 nitrogen and oxygen atoms in total. The Hall–Kier alpha value is -2.43. The van der Waals surface area contributed by atoms with Crippen LogP contribution in [0.5, 0.6) is 0 Å². The molecule has 0 spiro atoms. The average Bonchev–Trinajstić information content (AvgIpc) is 3.32. The molecule has 3 rings (SSSR count). The van der Waals surface area contributed by atoms with Crippen molar-refractivity contribution in [3.05, 3.63) is 83.8 Å². The quantitative estimate of drug-likeness (QED) is 0.426. The maximum absolute atomic E-state index is 13.1. The summed E-state index contributed by atoms with van der Waals surface area (Å²) in [5, 5.41) is 12.1. The van der Waals surface area contributed by atoms with E-state index in [9.17, 15) is 14.7 Å². The first kappa shape index (κ1) is 25.8. The second-order valence-electron chi connectivity index (χ2n) is 7.45. The number of carboxylic acid groups (broad SMARTS) is 1. The van der Waals surface area contributed by atoms with Crippen molar-refractivity contribution in [3.63, 3.8) is 0 Å². The van der Waals surface area contributed by atoms with Crippen LogP contribution in [-0.2, 0) is 10.3 Å². The van der Waals surface area contributed by atoms with Crippen LogP contribution in [0.3, 0.4) is 0 Å². The topological polar surface area (TPSA) is 106 Å². The maximum atomic E-state index is 13.1. The SMILES string of the molecule is CSCCC(NC(=O)c1ccc(C(C)(N)c2ccco2)cc1-c1ccccc1)C(=O)O.[Li+]. The number of furan rings is 1. The summed E-state index contributed by atoms with van der Waals surface area (Å²) in [5.41, 5.74) is 8.35. The van der Waals surface area contributed by atoms with E-state index in [0.29, 0.717) is 29.1 Å². The molecule has 4 N–H and O–H groups in total. The molecule has 1 amide bonds. The molecular weight excluding hydrogens is 419 g/mol. The predicted octanol–water partition coefficient (Wildman–Crippen LogP) is 1.11. The number of thioether (sulfide) groups is 1. The van der Waals surface area contributed by atoms with Gasteiger partial charge in [0, 0.05) is 5.56 Å². The molecular formula is C24H26LiN2O4S+. The van der Waals surface area contributed by atoms with E-state index in [4.69, 9.17) is 10.2 Å². The number of carboxylic acids is 1. The van der Waals surface area contributed by atoms with Crippen LogP contribution in [0.4, 0.5) is 0 Å². The Balaban J connectivity index is 0.00000363. The summed E-state index contributed by atoms with van der Waals surface area (Å²) in [4.78, 5) is 24.7. The van der Waals surface area contributed by atoms with Gasteiger partial charge in [-0.05, 0) is 66.3 Å². The van der Waals surface area contributed by atoms with E-state index in [-0.39, 0.29) is 18.9 Å². The second-order valence-corrected chi connectivity index (χ2v) is 8.44. The van der Waals surface area contributed by atoms with Crippen LogP contribution in [-0.4, -0.2) is 35.0 Å². The van der Waals surface area contributed by atoms with Crippen molar-refractivity contribution < 1.29 is 38.0 Å². The standard InChI is InChI=1S/C24H26N2O4S.Li/c1-24(25,21-9-6-13-30-21)17-10-11-18(19(15-17)16-7-4-3-5-8-16)22(27)26-20(23(28)29)12-14-31-2;/h3-11,13,15,20H,12,14,25H2,1-2H3,(H,26,27)(H,28,29);/q;+1. The first-order valence-corrected chi connectivity index (χ1v) is 11.3. The maximum Gasteiger partial charge on any atom is 1.00 e. The van der Waals surface area contributed by atoms with Crippen molar-refractivity contribution in [1.29, 1.82) is 0 Å². The van der Waals surface area contributed by atoms with Crippen molar-refractivity contribution in [1.82, 2.24) is 5.32 Å². The molecule has 32 heavy (non-hydrogen) atoms. The van der Waals surface area contributed by atoms with Crippen LogP contribution < -0.4 is 29.9 Å². The molecule has 0 saturated heterocycles. The number of benzene rings is 2. The van der Waals surface area contributed by atoms with E-state index in [1.165, 1.54) is 11.8 Å². The van der Waals surface area contributed by atoms with Crippen molar-refractivity contribution in [2.75, 3.05) is 12.0 Å². The van der Waals surface area contributed by atoms with Gasteiger partial charge in [0.2, 0.25) is 0 Å². The summed E-state index contributed by atoms with van der Waals surface area (Å²) < 4.78 is 5.52. The van der Waals surface area contributed by atoms with Gasteiger partial charge in [-0.2, -0.15) is 11.8 Å². The molecule has 0 radical (unpaired) electrons. The van der Waals surface area contributed by atoms with Crippen LogP contribution in [0.25, 0.3) is 11.1 Å². The molecule has 0 aliphatic heterocycles. The van der Waals surface area contributed by atoms with Crippen LogP contribution in [0.2, 0.25) is 0 Å². The predicted molar refractivity (Wildman–Crippen MR) is 123 cm³/mol. The molecule has 1 aromatic heterocycles. The van der Waals surface area contributed by atoms with Gasteiger partial charge in [-0.15, -0.1) is 0 Å². The van der Waals surface area contributed by atoms with Crippen molar-refractivity contribution >= 4 is 23.6 Å². The Bertz CT molecular complexity index is 1040. The number of nitrogens with one attached hydrogen (secondary N) is 1. The Morgan fingerprint density at radius 2 is 1.88 bits per heavy atom. The molecule has 2 unspecified atom stereocenters. The van der Waals surface area contributed by atoms with Crippen molar-refractivity contribution in [2.45, 2.75) is 24.9 Å². The minimum atomic E-state index is -1.05. The Labute approximate surface area is 204 Å². The third-order valence-corrected chi connectivity index (χ3v) is 5.84. The zero-order valence-electron chi connectivity index (χ0n) is 18.5. The van der Waals surface area contributed by atoms with Crippen LogP contribution in [0.1, 0.15) is 35.0 Å². The van der Waals surface area contributed by atoms with Gasteiger partial charge >= 0.3 is 24.8 Å². The zero-order chi connectivity index (χ0) is 22.4. The van der Waals surface area contributed by atoms with Crippen molar-refractivity contribution in [3.8, 4) is 11.1 Å². The Morgan fingerprint density at radius 1 is 1.16 bits per heavy atom. The van der Waals surface area contributed by atoms with Crippen LogP contribution in [0, 0.1) is 0 Å².